The third-order valence-electron chi connectivity index (χ3n) is 6.04. The number of hydrogen-bond acceptors (Lipinski definition) is 5. The summed E-state index contributed by atoms with van der Waals surface area (Å²) < 4.78 is 0. The number of piperidine rings is 2. The van der Waals surface area contributed by atoms with Gasteiger partial charge in [0.05, 0.1) is 5.92 Å². The molecule has 3 saturated heterocycles. The first-order valence-corrected chi connectivity index (χ1v) is 9.84. The lowest BCUT2D eigenvalue weighted by Gasteiger charge is -2.41. The number of carbonyl (C=O) groups is 2. The van der Waals surface area contributed by atoms with Gasteiger partial charge in [-0.3, -0.25) is 19.8 Å². The summed E-state index contributed by atoms with van der Waals surface area (Å²) in [5.41, 5.74) is 2.23. The molecule has 0 aliphatic carbocycles. The summed E-state index contributed by atoms with van der Waals surface area (Å²) in [7, 11) is 0. The average Bonchev–Trinajstić information content (AvgIpc) is 2.69. The lowest BCUT2D eigenvalue weighted by molar-refractivity contribution is -0.134. The number of halogens is 2. The van der Waals surface area contributed by atoms with Crippen molar-refractivity contribution in [2.75, 3.05) is 44.2 Å². The van der Waals surface area contributed by atoms with Crippen molar-refractivity contribution in [2.45, 2.75) is 37.6 Å². The molecule has 0 spiro atoms. The van der Waals surface area contributed by atoms with E-state index in [1.54, 1.807) is 0 Å². The van der Waals surface area contributed by atoms with Gasteiger partial charge in [-0.15, -0.1) is 24.8 Å². The van der Waals surface area contributed by atoms with Crippen LogP contribution in [0, 0.1) is 0 Å². The molecule has 1 atom stereocenters. The van der Waals surface area contributed by atoms with E-state index in [1.165, 1.54) is 18.5 Å². The number of nitrogens with zero attached hydrogens (tertiary/aromatic N) is 2. The van der Waals surface area contributed by atoms with Gasteiger partial charge in [0.25, 0.3) is 0 Å². The minimum atomic E-state index is -0.196. The molecule has 0 saturated carbocycles. The van der Waals surface area contributed by atoms with E-state index >= 15 is 0 Å². The van der Waals surface area contributed by atoms with Gasteiger partial charge < -0.3 is 10.2 Å². The van der Waals surface area contributed by atoms with Crippen molar-refractivity contribution in [1.82, 2.24) is 15.5 Å². The maximum atomic E-state index is 12.0. The Morgan fingerprint density at radius 1 is 0.857 bits per heavy atom. The van der Waals surface area contributed by atoms with Crippen LogP contribution in [0.5, 0.6) is 0 Å². The molecule has 2 amide bonds. The second-order valence-corrected chi connectivity index (χ2v) is 7.60. The molecule has 3 fully saturated rings. The fraction of sp³-hybridized carbons (Fsp3) is 0.600. The highest BCUT2D eigenvalue weighted by Crippen LogP contribution is 2.27. The first-order chi connectivity index (χ1) is 12.7. The summed E-state index contributed by atoms with van der Waals surface area (Å²) >= 11 is 0. The van der Waals surface area contributed by atoms with Gasteiger partial charge in [0, 0.05) is 44.3 Å². The van der Waals surface area contributed by atoms with Crippen molar-refractivity contribution < 1.29 is 9.59 Å². The molecule has 3 aliphatic heterocycles. The maximum Gasteiger partial charge on any atom is 0.234 e. The number of benzene rings is 1. The van der Waals surface area contributed by atoms with Crippen molar-refractivity contribution in [3.8, 4) is 0 Å². The number of anilines is 1. The van der Waals surface area contributed by atoms with Crippen LogP contribution in [0.4, 0.5) is 5.69 Å². The Morgan fingerprint density at radius 3 is 2.11 bits per heavy atom. The van der Waals surface area contributed by atoms with Gasteiger partial charge in [0.2, 0.25) is 11.8 Å². The highest BCUT2D eigenvalue weighted by atomic mass is 35.5. The minimum absolute atomic E-state index is 0. The summed E-state index contributed by atoms with van der Waals surface area (Å²) in [5.74, 6) is -0.516. The molecule has 156 valence electrons. The highest BCUT2D eigenvalue weighted by Gasteiger charge is 2.28. The molecule has 6 nitrogen and oxygen atoms in total. The number of nitrogens with one attached hydrogen (secondary N) is 2. The Bertz CT molecular complexity index is 657. The molecule has 1 aromatic carbocycles. The standard InChI is InChI=1S/C20H28N4O2.2ClH/c25-19-6-5-18(20(26)22-19)15-1-3-16(4-2-15)23-11-13-24(14-12-23)17-7-9-21-10-8-17;;/h1-4,17-18,21H,5-14H2,(H,22,25,26);2*1H. The first kappa shape index (κ1) is 22.9. The summed E-state index contributed by atoms with van der Waals surface area (Å²) in [6, 6.07) is 9.09. The normalized spacial score (nSPS) is 24.1. The van der Waals surface area contributed by atoms with Crippen LogP contribution in [0.15, 0.2) is 24.3 Å². The molecular weight excluding hydrogens is 399 g/mol. The Kier molecular flexibility index (Phi) is 8.56. The predicted molar refractivity (Wildman–Crippen MR) is 116 cm³/mol. The molecule has 1 unspecified atom stereocenters. The topological polar surface area (TPSA) is 64.7 Å². The zero-order valence-corrected chi connectivity index (χ0v) is 17.7. The predicted octanol–water partition coefficient (Wildman–Crippen LogP) is 1.92. The van der Waals surface area contributed by atoms with Crippen molar-refractivity contribution in [3.63, 3.8) is 0 Å². The van der Waals surface area contributed by atoms with E-state index in [0.29, 0.717) is 12.8 Å². The average molecular weight is 429 g/mol. The molecule has 4 rings (SSSR count). The van der Waals surface area contributed by atoms with Crippen LogP contribution in [0.2, 0.25) is 0 Å². The number of hydrogen-bond donors (Lipinski definition) is 2. The van der Waals surface area contributed by atoms with Crippen LogP contribution in [-0.2, 0) is 9.59 Å². The van der Waals surface area contributed by atoms with Crippen molar-refractivity contribution >= 4 is 42.3 Å². The van der Waals surface area contributed by atoms with Gasteiger partial charge in [-0.25, -0.2) is 0 Å². The van der Waals surface area contributed by atoms with Crippen LogP contribution in [0.25, 0.3) is 0 Å². The smallest absolute Gasteiger partial charge is 0.234 e. The van der Waals surface area contributed by atoms with Crippen LogP contribution >= 0.6 is 24.8 Å². The van der Waals surface area contributed by atoms with Crippen LogP contribution < -0.4 is 15.5 Å². The van der Waals surface area contributed by atoms with E-state index in [9.17, 15) is 9.59 Å². The largest absolute Gasteiger partial charge is 0.369 e. The number of amides is 2. The van der Waals surface area contributed by atoms with E-state index in [0.717, 1.165) is 50.9 Å². The molecule has 1 aromatic rings. The molecule has 0 radical (unpaired) electrons. The molecule has 3 heterocycles. The SMILES string of the molecule is Cl.Cl.O=C1CCC(c2ccc(N3CCN(C4CCNCC4)CC3)cc2)C(=O)N1. The number of imide groups is 1. The maximum absolute atomic E-state index is 12.0. The summed E-state index contributed by atoms with van der Waals surface area (Å²) in [5, 5.41) is 5.89. The molecule has 28 heavy (non-hydrogen) atoms. The molecular formula is C20H30Cl2N4O2. The molecule has 3 aliphatic rings. The van der Waals surface area contributed by atoms with Gasteiger partial charge in [0.1, 0.15) is 0 Å². The third-order valence-corrected chi connectivity index (χ3v) is 6.04. The Labute approximate surface area is 179 Å². The quantitative estimate of drug-likeness (QED) is 0.719. The van der Waals surface area contributed by atoms with E-state index < -0.39 is 0 Å². The van der Waals surface area contributed by atoms with E-state index in [4.69, 9.17) is 0 Å². The van der Waals surface area contributed by atoms with Crippen molar-refractivity contribution in [1.29, 1.82) is 0 Å². The minimum Gasteiger partial charge on any atom is -0.369 e. The second-order valence-electron chi connectivity index (χ2n) is 7.60. The highest BCUT2D eigenvalue weighted by molar-refractivity contribution is 6.00. The van der Waals surface area contributed by atoms with Gasteiger partial charge in [-0.2, -0.15) is 0 Å². The van der Waals surface area contributed by atoms with Crippen LogP contribution in [0.3, 0.4) is 0 Å². The van der Waals surface area contributed by atoms with Gasteiger partial charge in [0.15, 0.2) is 0 Å². The number of rotatable bonds is 3. The summed E-state index contributed by atoms with van der Waals surface area (Å²) in [4.78, 5) is 28.4. The monoisotopic (exact) mass is 428 g/mol. The lowest BCUT2D eigenvalue weighted by Crippen LogP contribution is -2.52. The second kappa shape index (κ2) is 10.4. The van der Waals surface area contributed by atoms with E-state index in [-0.39, 0.29) is 42.5 Å². The molecule has 8 heteroatoms. The zero-order valence-electron chi connectivity index (χ0n) is 16.1. The van der Waals surface area contributed by atoms with Crippen LogP contribution in [-0.4, -0.2) is 62.0 Å². The van der Waals surface area contributed by atoms with Crippen molar-refractivity contribution in [2.24, 2.45) is 0 Å². The lowest BCUT2D eigenvalue weighted by atomic mass is 9.90. The van der Waals surface area contributed by atoms with E-state index in [2.05, 4.69) is 44.7 Å². The van der Waals surface area contributed by atoms with E-state index in [1.807, 2.05) is 0 Å². The van der Waals surface area contributed by atoms with Gasteiger partial charge in [-0.1, -0.05) is 12.1 Å². The van der Waals surface area contributed by atoms with Crippen LogP contribution in [0.1, 0.15) is 37.2 Å². The molecule has 0 aromatic heterocycles. The van der Waals surface area contributed by atoms with Crippen molar-refractivity contribution in [3.05, 3.63) is 29.8 Å². The third kappa shape index (κ3) is 5.17. The summed E-state index contributed by atoms with van der Waals surface area (Å²) in [6.45, 7) is 6.65. The number of carbonyl (C=O) groups excluding carboxylic acids is 2. The zero-order chi connectivity index (χ0) is 17.9. The Morgan fingerprint density at radius 2 is 1.50 bits per heavy atom. The first-order valence-electron chi connectivity index (χ1n) is 9.84. The Balaban J connectivity index is 0.00000140. The fourth-order valence-corrected chi connectivity index (χ4v) is 4.45. The Hall–Kier alpha value is -1.34. The fourth-order valence-electron chi connectivity index (χ4n) is 4.45. The number of piperazine rings is 1. The molecule has 0 bridgehead atoms. The van der Waals surface area contributed by atoms with Gasteiger partial charge >= 0.3 is 0 Å². The van der Waals surface area contributed by atoms with Gasteiger partial charge in [-0.05, 0) is 50.0 Å². The summed E-state index contributed by atoms with van der Waals surface area (Å²) in [6.07, 6.45) is 3.57. The molecule has 2 N–H and O–H groups in total.